The zero-order chi connectivity index (χ0) is 16.8. The molecule has 126 valence electrons. The van der Waals surface area contributed by atoms with Crippen molar-refractivity contribution < 1.29 is 4.79 Å². The van der Waals surface area contributed by atoms with Crippen molar-refractivity contribution in [3.05, 3.63) is 64.7 Å². The minimum atomic E-state index is -0.134. The molecule has 0 aliphatic carbocycles. The summed E-state index contributed by atoms with van der Waals surface area (Å²) in [6, 6.07) is 15.6. The van der Waals surface area contributed by atoms with Crippen LogP contribution in [0.25, 0.3) is 0 Å². The Morgan fingerprint density at radius 3 is 2.58 bits per heavy atom. The number of carbonyl (C=O) groups excluding carboxylic acids is 1. The lowest BCUT2D eigenvalue weighted by Crippen LogP contribution is -2.24. The Morgan fingerprint density at radius 2 is 1.83 bits per heavy atom. The van der Waals surface area contributed by atoms with Crippen LogP contribution < -0.4 is 5.32 Å². The molecule has 1 aliphatic heterocycles. The second-order valence-electron chi connectivity index (χ2n) is 5.89. The van der Waals surface area contributed by atoms with Crippen molar-refractivity contribution >= 4 is 29.5 Å². The van der Waals surface area contributed by atoms with Gasteiger partial charge in [-0.15, -0.1) is 0 Å². The predicted molar refractivity (Wildman–Crippen MR) is 100 cm³/mol. The highest BCUT2D eigenvalue weighted by atomic mass is 35.5. The lowest BCUT2D eigenvalue weighted by atomic mass is 10.2. The molecule has 3 nitrogen and oxygen atoms in total. The standard InChI is InChI=1S/C19H21ClN2OS/c20-18-10-9-16(24-22-11-5-2-6-12-22)13-17(18)19(23)21-14-15-7-3-1-4-8-15/h1,3-4,7-10,13H,2,5-6,11-12,14H2,(H,21,23). The lowest BCUT2D eigenvalue weighted by molar-refractivity contribution is 0.0951. The summed E-state index contributed by atoms with van der Waals surface area (Å²) in [6.07, 6.45) is 3.79. The summed E-state index contributed by atoms with van der Waals surface area (Å²) in [6.45, 7) is 2.70. The number of hydrogen-bond acceptors (Lipinski definition) is 3. The number of benzene rings is 2. The summed E-state index contributed by atoms with van der Waals surface area (Å²) in [5, 5.41) is 3.43. The number of carbonyl (C=O) groups is 1. The molecule has 1 amide bonds. The van der Waals surface area contributed by atoms with Crippen molar-refractivity contribution in [1.29, 1.82) is 0 Å². The number of nitrogens with one attached hydrogen (secondary N) is 1. The molecule has 1 heterocycles. The summed E-state index contributed by atoms with van der Waals surface area (Å²) in [7, 11) is 0. The Morgan fingerprint density at radius 1 is 1.08 bits per heavy atom. The van der Waals surface area contributed by atoms with Gasteiger partial charge in [-0.3, -0.25) is 4.79 Å². The van der Waals surface area contributed by atoms with Crippen molar-refractivity contribution in [3.8, 4) is 0 Å². The normalized spacial score (nSPS) is 15.2. The molecule has 0 atom stereocenters. The first kappa shape index (κ1) is 17.3. The number of halogens is 1. The summed E-state index contributed by atoms with van der Waals surface area (Å²) < 4.78 is 2.36. The van der Waals surface area contributed by atoms with E-state index in [9.17, 15) is 4.79 Å². The highest BCUT2D eigenvalue weighted by Crippen LogP contribution is 2.29. The van der Waals surface area contributed by atoms with Gasteiger partial charge in [0.2, 0.25) is 0 Å². The molecule has 1 fully saturated rings. The van der Waals surface area contributed by atoms with E-state index in [1.807, 2.05) is 48.5 Å². The molecular formula is C19H21ClN2OS. The second kappa shape index (κ2) is 8.56. The van der Waals surface area contributed by atoms with Crippen LogP contribution in [0.4, 0.5) is 0 Å². The SMILES string of the molecule is O=C(NCc1ccccc1)c1cc(SN2CCCCC2)ccc1Cl. The Labute approximate surface area is 152 Å². The van der Waals surface area contributed by atoms with Gasteiger partial charge in [-0.2, -0.15) is 0 Å². The lowest BCUT2D eigenvalue weighted by Gasteiger charge is -2.25. The molecule has 1 N–H and O–H groups in total. The van der Waals surface area contributed by atoms with Gasteiger partial charge < -0.3 is 5.32 Å². The van der Waals surface area contributed by atoms with Crippen LogP contribution in [0.3, 0.4) is 0 Å². The maximum absolute atomic E-state index is 12.5. The summed E-state index contributed by atoms with van der Waals surface area (Å²) >= 11 is 7.95. The van der Waals surface area contributed by atoms with Gasteiger partial charge in [0, 0.05) is 24.5 Å². The molecule has 1 saturated heterocycles. The van der Waals surface area contributed by atoms with Crippen LogP contribution in [-0.4, -0.2) is 23.3 Å². The molecule has 5 heteroatoms. The van der Waals surface area contributed by atoms with Gasteiger partial charge in [0.15, 0.2) is 0 Å². The minimum absolute atomic E-state index is 0.134. The van der Waals surface area contributed by atoms with E-state index in [-0.39, 0.29) is 5.91 Å². The second-order valence-corrected chi connectivity index (χ2v) is 7.47. The maximum Gasteiger partial charge on any atom is 0.253 e. The van der Waals surface area contributed by atoms with Gasteiger partial charge in [-0.1, -0.05) is 48.4 Å². The third kappa shape index (κ3) is 4.76. The van der Waals surface area contributed by atoms with Gasteiger partial charge in [0.25, 0.3) is 5.91 Å². The molecule has 24 heavy (non-hydrogen) atoms. The van der Waals surface area contributed by atoms with Gasteiger partial charge in [0.1, 0.15) is 0 Å². The summed E-state index contributed by atoms with van der Waals surface area (Å²) in [5.41, 5.74) is 1.61. The number of amides is 1. The fourth-order valence-corrected chi connectivity index (χ4v) is 3.96. The highest BCUT2D eigenvalue weighted by Gasteiger charge is 2.15. The van der Waals surface area contributed by atoms with E-state index in [2.05, 4.69) is 9.62 Å². The highest BCUT2D eigenvalue weighted by molar-refractivity contribution is 7.97. The predicted octanol–water partition coefficient (Wildman–Crippen LogP) is 4.76. The number of hydrogen-bond donors (Lipinski definition) is 1. The smallest absolute Gasteiger partial charge is 0.253 e. The molecule has 0 unspecified atom stereocenters. The van der Waals surface area contributed by atoms with Crippen molar-refractivity contribution in [2.24, 2.45) is 0 Å². The van der Waals surface area contributed by atoms with E-state index in [0.29, 0.717) is 17.1 Å². The summed E-state index contributed by atoms with van der Waals surface area (Å²) in [5.74, 6) is -0.134. The Bertz CT molecular complexity index is 687. The maximum atomic E-state index is 12.5. The largest absolute Gasteiger partial charge is 0.348 e. The van der Waals surface area contributed by atoms with Gasteiger partial charge >= 0.3 is 0 Å². The van der Waals surface area contributed by atoms with Crippen LogP contribution >= 0.6 is 23.5 Å². The fraction of sp³-hybridized carbons (Fsp3) is 0.316. The van der Waals surface area contributed by atoms with Gasteiger partial charge in [-0.05, 0) is 48.6 Å². The van der Waals surface area contributed by atoms with E-state index in [1.165, 1.54) is 19.3 Å². The molecule has 0 bridgehead atoms. The average molecular weight is 361 g/mol. The van der Waals surface area contributed by atoms with Crippen LogP contribution in [0.15, 0.2) is 53.4 Å². The van der Waals surface area contributed by atoms with E-state index in [1.54, 1.807) is 11.9 Å². The molecule has 1 aliphatic rings. The van der Waals surface area contributed by atoms with Crippen LogP contribution in [-0.2, 0) is 6.54 Å². The molecular weight excluding hydrogens is 340 g/mol. The van der Waals surface area contributed by atoms with Gasteiger partial charge in [-0.25, -0.2) is 4.31 Å². The topological polar surface area (TPSA) is 32.3 Å². The first-order chi connectivity index (χ1) is 11.7. The number of piperidine rings is 1. The van der Waals surface area contributed by atoms with Crippen LogP contribution in [0.1, 0.15) is 35.2 Å². The molecule has 0 aromatic heterocycles. The van der Waals surface area contributed by atoms with Crippen molar-refractivity contribution in [2.45, 2.75) is 30.7 Å². The van der Waals surface area contributed by atoms with Gasteiger partial charge in [0.05, 0.1) is 10.6 Å². The third-order valence-corrected chi connectivity index (χ3v) is 5.45. The first-order valence-corrected chi connectivity index (χ1v) is 9.42. The molecule has 2 aromatic carbocycles. The zero-order valence-electron chi connectivity index (χ0n) is 13.5. The Balaban J connectivity index is 1.65. The van der Waals surface area contributed by atoms with Crippen LogP contribution in [0.2, 0.25) is 5.02 Å². The molecule has 0 saturated carbocycles. The van der Waals surface area contributed by atoms with Crippen molar-refractivity contribution in [2.75, 3.05) is 13.1 Å². The Kier molecular flexibility index (Phi) is 6.18. The number of nitrogens with zero attached hydrogens (tertiary/aromatic N) is 1. The molecule has 0 radical (unpaired) electrons. The Hall–Kier alpha value is -1.49. The molecule has 3 rings (SSSR count). The van der Waals surface area contributed by atoms with Crippen LogP contribution in [0.5, 0.6) is 0 Å². The average Bonchev–Trinajstić information content (AvgIpc) is 2.63. The first-order valence-electron chi connectivity index (χ1n) is 8.27. The molecule has 2 aromatic rings. The minimum Gasteiger partial charge on any atom is -0.348 e. The summed E-state index contributed by atoms with van der Waals surface area (Å²) in [4.78, 5) is 13.5. The fourth-order valence-electron chi connectivity index (χ4n) is 2.71. The van der Waals surface area contributed by atoms with E-state index in [4.69, 9.17) is 11.6 Å². The monoisotopic (exact) mass is 360 g/mol. The molecule has 0 spiro atoms. The zero-order valence-corrected chi connectivity index (χ0v) is 15.1. The quantitative estimate of drug-likeness (QED) is 0.780. The van der Waals surface area contributed by atoms with E-state index >= 15 is 0 Å². The van der Waals surface area contributed by atoms with Crippen molar-refractivity contribution in [3.63, 3.8) is 0 Å². The van der Waals surface area contributed by atoms with Crippen LogP contribution in [0, 0.1) is 0 Å². The van der Waals surface area contributed by atoms with Crippen molar-refractivity contribution in [1.82, 2.24) is 9.62 Å². The van der Waals surface area contributed by atoms with E-state index in [0.717, 1.165) is 23.5 Å². The van der Waals surface area contributed by atoms with E-state index < -0.39 is 0 Å². The number of rotatable bonds is 5. The third-order valence-electron chi connectivity index (χ3n) is 4.03.